The van der Waals surface area contributed by atoms with Gasteiger partial charge in [0.05, 0.1) is 17.7 Å². The van der Waals surface area contributed by atoms with Crippen molar-refractivity contribution in [2.24, 2.45) is 5.10 Å². The summed E-state index contributed by atoms with van der Waals surface area (Å²) in [7, 11) is 0. The van der Waals surface area contributed by atoms with E-state index < -0.39 is 34.8 Å². The minimum atomic E-state index is -4.54. The average Bonchev–Trinajstić information content (AvgIpc) is 2.76. The summed E-state index contributed by atoms with van der Waals surface area (Å²) in [6, 6.07) is 10.0. The molecule has 0 aliphatic carbocycles. The summed E-state index contributed by atoms with van der Waals surface area (Å²) in [4.78, 5) is 36.2. The van der Waals surface area contributed by atoms with Crippen molar-refractivity contribution in [3.05, 3.63) is 77.9 Å². The molecule has 7 nitrogen and oxygen atoms in total. The predicted octanol–water partition coefficient (Wildman–Crippen LogP) is 4.22. The summed E-state index contributed by atoms with van der Waals surface area (Å²) < 4.78 is 39.3. The number of carboxylic acid groups (broad SMARTS) is 1. The summed E-state index contributed by atoms with van der Waals surface area (Å²) in [5.41, 5.74) is -0.290. The fourth-order valence-electron chi connectivity index (χ4n) is 2.95. The van der Waals surface area contributed by atoms with Crippen molar-refractivity contribution in [2.45, 2.75) is 17.8 Å². The van der Waals surface area contributed by atoms with Crippen LogP contribution in [-0.4, -0.2) is 44.7 Å². The Labute approximate surface area is 191 Å². The molecule has 33 heavy (non-hydrogen) atoms. The SMILES string of the molecule is C=CCN1N=C(c2cccc(C(F)(F)F)c2)SC(CC(=O)Nc2ccc(C(=O)O)cc2)C1=O. The number of carbonyl (C=O) groups excluding carboxylic acids is 2. The molecule has 3 rings (SSSR count). The molecule has 2 amide bonds. The van der Waals surface area contributed by atoms with Crippen LogP contribution in [0.15, 0.2) is 66.3 Å². The third-order valence-electron chi connectivity index (χ3n) is 4.52. The Kier molecular flexibility index (Phi) is 7.22. The van der Waals surface area contributed by atoms with Crippen LogP contribution in [-0.2, 0) is 15.8 Å². The van der Waals surface area contributed by atoms with E-state index in [4.69, 9.17) is 5.11 Å². The fourth-order valence-corrected chi connectivity index (χ4v) is 4.08. The van der Waals surface area contributed by atoms with E-state index in [1.165, 1.54) is 42.5 Å². The number of nitrogens with zero attached hydrogens (tertiary/aromatic N) is 2. The molecule has 0 fully saturated rings. The Morgan fingerprint density at radius 1 is 1.21 bits per heavy atom. The van der Waals surface area contributed by atoms with Crippen molar-refractivity contribution >= 4 is 40.3 Å². The van der Waals surface area contributed by atoms with Crippen LogP contribution in [0, 0.1) is 0 Å². The third-order valence-corrected chi connectivity index (χ3v) is 5.71. The molecule has 11 heteroatoms. The second kappa shape index (κ2) is 9.90. The van der Waals surface area contributed by atoms with E-state index in [0.717, 1.165) is 28.9 Å². The van der Waals surface area contributed by atoms with E-state index in [1.807, 2.05) is 0 Å². The lowest BCUT2D eigenvalue weighted by Gasteiger charge is -2.28. The van der Waals surface area contributed by atoms with Crippen molar-refractivity contribution in [1.82, 2.24) is 5.01 Å². The van der Waals surface area contributed by atoms with Crippen LogP contribution in [0.25, 0.3) is 0 Å². The Morgan fingerprint density at radius 2 is 1.91 bits per heavy atom. The first-order chi connectivity index (χ1) is 15.6. The van der Waals surface area contributed by atoms with Crippen LogP contribution < -0.4 is 5.32 Å². The highest BCUT2D eigenvalue weighted by atomic mass is 32.2. The molecule has 1 heterocycles. The molecule has 0 radical (unpaired) electrons. The van der Waals surface area contributed by atoms with Gasteiger partial charge in [0.1, 0.15) is 10.3 Å². The molecule has 1 aliphatic rings. The zero-order chi connectivity index (χ0) is 24.2. The second-order valence-corrected chi connectivity index (χ2v) is 8.13. The number of benzene rings is 2. The first-order valence-corrected chi connectivity index (χ1v) is 10.4. The number of hydrazone groups is 1. The molecule has 1 atom stereocenters. The van der Waals surface area contributed by atoms with Crippen molar-refractivity contribution in [3.63, 3.8) is 0 Å². The number of hydrogen-bond acceptors (Lipinski definition) is 5. The summed E-state index contributed by atoms with van der Waals surface area (Å²) in [5, 5.41) is 16.0. The van der Waals surface area contributed by atoms with Crippen LogP contribution >= 0.6 is 11.8 Å². The van der Waals surface area contributed by atoms with Crippen molar-refractivity contribution < 1.29 is 32.7 Å². The maximum Gasteiger partial charge on any atom is 0.416 e. The standard InChI is InChI=1S/C22H18F3N3O4S/c1-2-10-28-20(30)17(12-18(29)26-16-8-6-13(7-9-16)21(31)32)33-19(27-28)14-4-3-5-15(11-14)22(23,24)25/h2-9,11,17H,1,10,12H2,(H,26,29)(H,31,32). The van der Waals surface area contributed by atoms with E-state index in [-0.39, 0.29) is 29.1 Å². The number of rotatable bonds is 7. The zero-order valence-corrected chi connectivity index (χ0v) is 17.8. The van der Waals surface area contributed by atoms with Gasteiger partial charge in [-0.2, -0.15) is 18.3 Å². The van der Waals surface area contributed by atoms with Crippen LogP contribution in [0.3, 0.4) is 0 Å². The smallest absolute Gasteiger partial charge is 0.416 e. The molecule has 0 saturated carbocycles. The highest BCUT2D eigenvalue weighted by Gasteiger charge is 2.35. The van der Waals surface area contributed by atoms with Crippen molar-refractivity contribution in [3.8, 4) is 0 Å². The Bertz CT molecular complexity index is 1120. The molecule has 2 N–H and O–H groups in total. The number of anilines is 1. The van der Waals surface area contributed by atoms with Crippen molar-refractivity contribution in [2.75, 3.05) is 11.9 Å². The maximum atomic E-state index is 13.1. The number of nitrogens with one attached hydrogen (secondary N) is 1. The lowest BCUT2D eigenvalue weighted by molar-refractivity contribution is -0.137. The molecule has 2 aromatic rings. The largest absolute Gasteiger partial charge is 0.478 e. The van der Waals surface area contributed by atoms with Gasteiger partial charge in [0, 0.05) is 17.7 Å². The second-order valence-electron chi connectivity index (χ2n) is 6.93. The molecule has 1 unspecified atom stereocenters. The summed E-state index contributed by atoms with van der Waals surface area (Å²) in [5.74, 6) is -2.11. The van der Waals surface area contributed by atoms with Gasteiger partial charge >= 0.3 is 12.1 Å². The first kappa shape index (κ1) is 24.1. The number of alkyl halides is 3. The molecule has 1 aliphatic heterocycles. The van der Waals surface area contributed by atoms with Crippen LogP contribution in [0.2, 0.25) is 0 Å². The van der Waals surface area contributed by atoms with Gasteiger partial charge in [-0.15, -0.1) is 6.58 Å². The molecule has 0 spiro atoms. The number of halogens is 3. The summed E-state index contributed by atoms with van der Waals surface area (Å²) >= 11 is 0.905. The minimum Gasteiger partial charge on any atom is -0.478 e. The zero-order valence-electron chi connectivity index (χ0n) is 17.0. The van der Waals surface area contributed by atoms with E-state index in [1.54, 1.807) is 0 Å². The van der Waals surface area contributed by atoms with Crippen molar-refractivity contribution in [1.29, 1.82) is 0 Å². The number of carbonyl (C=O) groups is 3. The maximum absolute atomic E-state index is 13.1. The normalized spacial score (nSPS) is 16.2. The van der Waals surface area contributed by atoms with E-state index in [2.05, 4.69) is 17.0 Å². The molecular weight excluding hydrogens is 459 g/mol. The van der Waals surface area contributed by atoms with E-state index in [9.17, 15) is 27.6 Å². The third kappa shape index (κ3) is 6.01. The van der Waals surface area contributed by atoms with Gasteiger partial charge in [0.15, 0.2) is 0 Å². The highest BCUT2D eigenvalue weighted by molar-refractivity contribution is 8.15. The molecule has 0 saturated heterocycles. The van der Waals surface area contributed by atoms with Crippen LogP contribution in [0.1, 0.15) is 27.9 Å². The van der Waals surface area contributed by atoms with Crippen LogP contribution in [0.5, 0.6) is 0 Å². The van der Waals surface area contributed by atoms with Crippen LogP contribution in [0.4, 0.5) is 18.9 Å². The Morgan fingerprint density at radius 3 is 2.52 bits per heavy atom. The number of amides is 2. The average molecular weight is 477 g/mol. The summed E-state index contributed by atoms with van der Waals surface area (Å²) in [6.45, 7) is 3.58. The Balaban J connectivity index is 1.79. The number of thioether (sulfide) groups is 1. The fraction of sp³-hybridized carbons (Fsp3) is 0.182. The molecule has 172 valence electrons. The highest BCUT2D eigenvalue weighted by Crippen LogP contribution is 2.33. The molecule has 0 aromatic heterocycles. The van der Waals surface area contributed by atoms with E-state index >= 15 is 0 Å². The molecule has 0 bridgehead atoms. The number of hydrogen-bond donors (Lipinski definition) is 2. The van der Waals surface area contributed by atoms with Gasteiger partial charge < -0.3 is 10.4 Å². The summed E-state index contributed by atoms with van der Waals surface area (Å²) in [6.07, 6.45) is -3.39. The van der Waals surface area contributed by atoms with E-state index in [0.29, 0.717) is 5.69 Å². The lowest BCUT2D eigenvalue weighted by Crippen LogP contribution is -2.41. The topological polar surface area (TPSA) is 99.1 Å². The number of aromatic carboxylic acids is 1. The Hall–Kier alpha value is -3.60. The van der Waals surface area contributed by atoms with Gasteiger partial charge in [-0.3, -0.25) is 9.59 Å². The monoisotopic (exact) mass is 477 g/mol. The first-order valence-electron chi connectivity index (χ1n) is 9.57. The quantitative estimate of drug-likeness (QED) is 0.582. The van der Waals surface area contributed by atoms with Gasteiger partial charge in [-0.05, 0) is 36.4 Å². The molecule has 2 aromatic carbocycles. The van der Waals surface area contributed by atoms with Gasteiger partial charge in [0.25, 0.3) is 5.91 Å². The van der Waals surface area contributed by atoms with Gasteiger partial charge in [-0.1, -0.05) is 30.0 Å². The minimum absolute atomic E-state index is 0.0244. The van der Waals surface area contributed by atoms with Gasteiger partial charge in [0.2, 0.25) is 5.91 Å². The van der Waals surface area contributed by atoms with Gasteiger partial charge in [-0.25, -0.2) is 9.80 Å². The lowest BCUT2D eigenvalue weighted by atomic mass is 10.1. The predicted molar refractivity (Wildman–Crippen MR) is 118 cm³/mol. The molecular formula is C22H18F3N3O4S. The number of carboxylic acids is 1.